The van der Waals surface area contributed by atoms with Gasteiger partial charge in [-0.3, -0.25) is 24.8 Å². The molecule has 4 aromatic rings. The van der Waals surface area contributed by atoms with Gasteiger partial charge in [0.2, 0.25) is 0 Å². The predicted molar refractivity (Wildman–Crippen MR) is 101 cm³/mol. The van der Waals surface area contributed by atoms with E-state index < -0.39 is 4.92 Å². The van der Waals surface area contributed by atoms with Crippen LogP contribution in [0.25, 0.3) is 22.5 Å². The first kappa shape index (κ1) is 16.6. The van der Waals surface area contributed by atoms with Gasteiger partial charge in [0.15, 0.2) is 0 Å². The fourth-order valence-electron chi connectivity index (χ4n) is 2.87. The van der Waals surface area contributed by atoms with E-state index in [4.69, 9.17) is 0 Å². The van der Waals surface area contributed by atoms with Crippen molar-refractivity contribution in [1.29, 1.82) is 0 Å². The Labute approximate surface area is 155 Å². The van der Waals surface area contributed by atoms with E-state index in [1.165, 1.54) is 6.07 Å². The van der Waals surface area contributed by atoms with Gasteiger partial charge in [-0.2, -0.15) is 5.10 Å². The third-order valence-electron chi connectivity index (χ3n) is 4.14. The number of benzene rings is 1. The lowest BCUT2D eigenvalue weighted by Gasteiger charge is -2.05. The molecule has 0 aliphatic carbocycles. The van der Waals surface area contributed by atoms with E-state index in [2.05, 4.69) is 15.1 Å². The lowest BCUT2D eigenvalue weighted by molar-refractivity contribution is -0.384. The summed E-state index contributed by atoms with van der Waals surface area (Å²) in [7, 11) is 0. The molecule has 0 saturated heterocycles. The summed E-state index contributed by atoms with van der Waals surface area (Å²) < 4.78 is 1.74. The molecular formula is C20H15N5O2. The van der Waals surface area contributed by atoms with Gasteiger partial charge in [-0.15, -0.1) is 0 Å². The number of hydrogen-bond donors (Lipinski definition) is 0. The monoisotopic (exact) mass is 357 g/mol. The lowest BCUT2D eigenvalue weighted by atomic mass is 10.0. The van der Waals surface area contributed by atoms with Crippen LogP contribution in [0.3, 0.4) is 0 Å². The van der Waals surface area contributed by atoms with Gasteiger partial charge < -0.3 is 0 Å². The first-order valence-electron chi connectivity index (χ1n) is 8.33. The van der Waals surface area contributed by atoms with E-state index in [-0.39, 0.29) is 5.69 Å². The lowest BCUT2D eigenvalue weighted by Crippen LogP contribution is -2.01. The number of aromatic nitrogens is 4. The van der Waals surface area contributed by atoms with Crippen LogP contribution in [0.2, 0.25) is 0 Å². The van der Waals surface area contributed by atoms with Crippen molar-refractivity contribution in [3.8, 4) is 22.5 Å². The fraction of sp³-hybridized carbons (Fsp3) is 0.0500. The van der Waals surface area contributed by atoms with Crippen molar-refractivity contribution in [2.45, 2.75) is 6.54 Å². The Morgan fingerprint density at radius 2 is 1.93 bits per heavy atom. The molecule has 1 aromatic carbocycles. The molecule has 0 atom stereocenters. The van der Waals surface area contributed by atoms with Crippen LogP contribution in [-0.4, -0.2) is 24.7 Å². The van der Waals surface area contributed by atoms with Crippen LogP contribution in [0.5, 0.6) is 0 Å². The third kappa shape index (κ3) is 3.57. The number of nitrogens with zero attached hydrogens (tertiary/aromatic N) is 5. The molecule has 0 N–H and O–H groups in total. The zero-order chi connectivity index (χ0) is 18.6. The average molecular weight is 357 g/mol. The quantitative estimate of drug-likeness (QED) is 0.398. The van der Waals surface area contributed by atoms with Crippen LogP contribution in [0.1, 0.15) is 5.56 Å². The van der Waals surface area contributed by atoms with Crippen LogP contribution in [-0.2, 0) is 6.54 Å². The molecule has 0 aliphatic rings. The predicted octanol–water partition coefficient (Wildman–Crippen LogP) is 3.96. The van der Waals surface area contributed by atoms with E-state index in [1.807, 2.05) is 30.3 Å². The summed E-state index contributed by atoms with van der Waals surface area (Å²) >= 11 is 0. The maximum atomic E-state index is 11.5. The Bertz CT molecular complexity index is 1080. The van der Waals surface area contributed by atoms with Gasteiger partial charge in [-0.05, 0) is 42.0 Å². The molecule has 4 rings (SSSR count). The Hall–Kier alpha value is -3.87. The Morgan fingerprint density at radius 3 is 2.67 bits per heavy atom. The standard InChI is InChI=1S/C20H15N5O2/c26-25(27)20-7-6-16(18-5-1-2-10-22-18)12-17(20)19-8-11-24(23-19)14-15-4-3-9-21-13-15/h1-13H,14H2. The minimum Gasteiger partial charge on any atom is -0.268 e. The minimum absolute atomic E-state index is 0.0151. The van der Waals surface area contributed by atoms with Crippen molar-refractivity contribution in [2.75, 3.05) is 0 Å². The molecule has 132 valence electrons. The second-order valence-electron chi connectivity index (χ2n) is 5.96. The maximum Gasteiger partial charge on any atom is 0.278 e. The highest BCUT2D eigenvalue weighted by Crippen LogP contribution is 2.32. The highest BCUT2D eigenvalue weighted by Gasteiger charge is 2.18. The van der Waals surface area contributed by atoms with E-state index in [0.29, 0.717) is 17.8 Å². The van der Waals surface area contributed by atoms with Crippen molar-refractivity contribution < 1.29 is 4.92 Å². The molecule has 0 amide bonds. The highest BCUT2D eigenvalue weighted by atomic mass is 16.6. The van der Waals surface area contributed by atoms with Gasteiger partial charge in [0.25, 0.3) is 5.69 Å². The summed E-state index contributed by atoms with van der Waals surface area (Å²) in [5, 5.41) is 16.0. The van der Waals surface area contributed by atoms with Gasteiger partial charge in [0.05, 0.1) is 28.4 Å². The van der Waals surface area contributed by atoms with Gasteiger partial charge in [0, 0.05) is 36.4 Å². The molecule has 0 saturated carbocycles. The molecule has 0 spiro atoms. The smallest absolute Gasteiger partial charge is 0.268 e. The van der Waals surface area contributed by atoms with Crippen LogP contribution >= 0.6 is 0 Å². The molecule has 0 unspecified atom stereocenters. The van der Waals surface area contributed by atoms with Crippen molar-refractivity contribution >= 4 is 5.69 Å². The molecule has 0 fully saturated rings. The summed E-state index contributed by atoms with van der Waals surface area (Å²) in [4.78, 5) is 19.5. The molecule has 0 radical (unpaired) electrons. The molecule has 0 aliphatic heterocycles. The van der Waals surface area contributed by atoms with Crippen LogP contribution in [0.4, 0.5) is 5.69 Å². The van der Waals surface area contributed by atoms with Crippen molar-refractivity contribution in [2.24, 2.45) is 0 Å². The number of nitro groups is 1. The van der Waals surface area contributed by atoms with Crippen LogP contribution < -0.4 is 0 Å². The highest BCUT2D eigenvalue weighted by molar-refractivity contribution is 5.77. The molecule has 7 nitrogen and oxygen atoms in total. The maximum absolute atomic E-state index is 11.5. The zero-order valence-electron chi connectivity index (χ0n) is 14.3. The van der Waals surface area contributed by atoms with Crippen LogP contribution in [0, 0.1) is 10.1 Å². The summed E-state index contributed by atoms with van der Waals surface area (Å²) in [5.74, 6) is 0. The van der Waals surface area contributed by atoms with E-state index >= 15 is 0 Å². The van der Waals surface area contributed by atoms with Gasteiger partial charge in [-0.25, -0.2) is 0 Å². The van der Waals surface area contributed by atoms with E-state index in [1.54, 1.807) is 47.7 Å². The third-order valence-corrected chi connectivity index (χ3v) is 4.14. The molecule has 7 heteroatoms. The summed E-state index contributed by atoms with van der Waals surface area (Å²) in [6, 6.07) is 16.1. The van der Waals surface area contributed by atoms with Gasteiger partial charge in [-0.1, -0.05) is 12.1 Å². The molecule has 0 bridgehead atoms. The summed E-state index contributed by atoms with van der Waals surface area (Å²) in [5.41, 5.74) is 3.59. The number of nitro benzene ring substituents is 1. The SMILES string of the molecule is O=[N+]([O-])c1ccc(-c2ccccn2)cc1-c1ccn(Cc2cccnc2)n1. The van der Waals surface area contributed by atoms with Crippen molar-refractivity contribution in [3.05, 3.63) is 95.1 Å². The summed E-state index contributed by atoms with van der Waals surface area (Å²) in [6.45, 7) is 0.543. The van der Waals surface area contributed by atoms with E-state index in [9.17, 15) is 10.1 Å². The Morgan fingerprint density at radius 1 is 1.00 bits per heavy atom. The number of rotatable bonds is 5. The summed E-state index contributed by atoms with van der Waals surface area (Å²) in [6.07, 6.45) is 6.98. The molecular weight excluding hydrogens is 342 g/mol. The van der Waals surface area contributed by atoms with E-state index in [0.717, 1.165) is 16.8 Å². The van der Waals surface area contributed by atoms with Gasteiger partial charge >= 0.3 is 0 Å². The second kappa shape index (κ2) is 7.17. The fourth-order valence-corrected chi connectivity index (χ4v) is 2.87. The normalized spacial score (nSPS) is 10.7. The molecule has 27 heavy (non-hydrogen) atoms. The Balaban J connectivity index is 1.73. The second-order valence-corrected chi connectivity index (χ2v) is 5.96. The Kier molecular flexibility index (Phi) is 4.40. The number of hydrogen-bond acceptors (Lipinski definition) is 5. The first-order chi connectivity index (χ1) is 13.2. The largest absolute Gasteiger partial charge is 0.278 e. The number of pyridine rings is 2. The molecule has 3 heterocycles. The van der Waals surface area contributed by atoms with Crippen molar-refractivity contribution in [3.63, 3.8) is 0 Å². The zero-order valence-corrected chi connectivity index (χ0v) is 14.3. The van der Waals surface area contributed by atoms with Crippen molar-refractivity contribution in [1.82, 2.24) is 19.7 Å². The average Bonchev–Trinajstić information content (AvgIpc) is 3.17. The first-order valence-corrected chi connectivity index (χ1v) is 8.33. The molecule has 3 aromatic heterocycles. The minimum atomic E-state index is -0.391. The van der Waals surface area contributed by atoms with Crippen LogP contribution in [0.15, 0.2) is 79.4 Å². The van der Waals surface area contributed by atoms with Gasteiger partial charge in [0.1, 0.15) is 0 Å². The topological polar surface area (TPSA) is 86.7 Å².